The monoisotopic (exact) mass is 400 g/mol. The van der Waals surface area contributed by atoms with E-state index >= 15 is 0 Å². The number of aryl methyl sites for hydroxylation is 2. The molecule has 2 amide bonds. The zero-order chi connectivity index (χ0) is 21.1. The highest BCUT2D eigenvalue weighted by atomic mass is 16.5. The molecule has 0 spiro atoms. The van der Waals surface area contributed by atoms with Crippen LogP contribution < -0.4 is 15.0 Å². The van der Waals surface area contributed by atoms with Gasteiger partial charge >= 0.3 is 0 Å². The number of ether oxygens (including phenoxy) is 1. The van der Waals surface area contributed by atoms with Gasteiger partial charge in [-0.3, -0.25) is 9.59 Å². The number of nitrogens with one attached hydrogen (secondary N) is 1. The number of benzene rings is 3. The molecular weight excluding hydrogens is 376 g/mol. The molecule has 3 aromatic carbocycles. The molecule has 0 fully saturated rings. The predicted molar refractivity (Wildman–Crippen MR) is 117 cm³/mol. The molecule has 1 N–H and O–H groups in total. The first-order valence-electron chi connectivity index (χ1n) is 9.96. The highest BCUT2D eigenvalue weighted by molar-refractivity contribution is 6.01. The van der Waals surface area contributed by atoms with Crippen LogP contribution in [0.5, 0.6) is 5.75 Å². The molecule has 0 radical (unpaired) electrons. The molecule has 0 saturated carbocycles. The van der Waals surface area contributed by atoms with E-state index in [2.05, 4.69) is 5.32 Å². The molecule has 4 rings (SSSR count). The van der Waals surface area contributed by atoms with Crippen molar-refractivity contribution in [2.45, 2.75) is 26.9 Å². The van der Waals surface area contributed by atoms with Gasteiger partial charge in [0.05, 0.1) is 12.2 Å². The minimum absolute atomic E-state index is 0.00222. The maximum atomic E-state index is 12.7. The van der Waals surface area contributed by atoms with E-state index in [4.69, 9.17) is 4.74 Å². The van der Waals surface area contributed by atoms with Gasteiger partial charge in [-0.05, 0) is 43.2 Å². The van der Waals surface area contributed by atoms with E-state index in [1.807, 2.05) is 62.4 Å². The van der Waals surface area contributed by atoms with Crippen molar-refractivity contribution in [3.05, 3.63) is 94.5 Å². The third-order valence-corrected chi connectivity index (χ3v) is 5.16. The van der Waals surface area contributed by atoms with Crippen LogP contribution in [0.1, 0.15) is 32.6 Å². The van der Waals surface area contributed by atoms with Gasteiger partial charge in [0, 0.05) is 12.1 Å². The van der Waals surface area contributed by atoms with Gasteiger partial charge in [0.15, 0.2) is 6.61 Å². The van der Waals surface area contributed by atoms with Crippen molar-refractivity contribution >= 4 is 17.5 Å². The molecule has 0 saturated heterocycles. The van der Waals surface area contributed by atoms with Crippen LogP contribution in [0, 0.1) is 13.8 Å². The van der Waals surface area contributed by atoms with Crippen molar-refractivity contribution in [2.24, 2.45) is 0 Å². The summed E-state index contributed by atoms with van der Waals surface area (Å²) >= 11 is 0. The van der Waals surface area contributed by atoms with E-state index in [0.29, 0.717) is 30.1 Å². The molecule has 5 heteroatoms. The lowest BCUT2D eigenvalue weighted by molar-refractivity contribution is -0.121. The van der Waals surface area contributed by atoms with Gasteiger partial charge in [-0.1, -0.05) is 59.7 Å². The SMILES string of the molecule is Cc1ccc(CN2C(=O)COc3ccc(C(=O)NCc4cccc(C)c4)cc32)cc1. The second-order valence-electron chi connectivity index (χ2n) is 7.61. The Kier molecular flexibility index (Phi) is 5.53. The number of carbonyl (C=O) groups excluding carboxylic acids is 2. The Balaban J connectivity index is 1.54. The number of hydrogen-bond acceptors (Lipinski definition) is 3. The molecule has 1 aliphatic rings. The molecule has 0 atom stereocenters. The Morgan fingerprint density at radius 2 is 1.77 bits per heavy atom. The van der Waals surface area contributed by atoms with Gasteiger partial charge in [-0.15, -0.1) is 0 Å². The maximum absolute atomic E-state index is 12.7. The second kappa shape index (κ2) is 8.41. The lowest BCUT2D eigenvalue weighted by Gasteiger charge is -2.30. The minimum atomic E-state index is -0.187. The summed E-state index contributed by atoms with van der Waals surface area (Å²) in [5.74, 6) is 0.296. The summed E-state index contributed by atoms with van der Waals surface area (Å²) in [6.07, 6.45) is 0. The van der Waals surface area contributed by atoms with Crippen LogP contribution in [-0.4, -0.2) is 18.4 Å². The van der Waals surface area contributed by atoms with Gasteiger partial charge in [-0.25, -0.2) is 0 Å². The average Bonchev–Trinajstić information content (AvgIpc) is 2.75. The smallest absolute Gasteiger partial charge is 0.265 e. The first kappa shape index (κ1) is 19.7. The molecule has 152 valence electrons. The van der Waals surface area contributed by atoms with E-state index in [1.54, 1.807) is 23.1 Å². The summed E-state index contributed by atoms with van der Waals surface area (Å²) < 4.78 is 5.58. The van der Waals surface area contributed by atoms with Crippen LogP contribution in [-0.2, 0) is 17.9 Å². The standard InChI is InChI=1S/C25H24N2O3/c1-17-6-8-19(9-7-17)15-27-22-13-21(10-11-23(22)30-16-24(27)28)25(29)26-14-20-5-3-4-18(2)12-20/h3-13H,14-16H2,1-2H3,(H,26,29). The fourth-order valence-corrected chi connectivity index (χ4v) is 3.50. The number of fused-ring (bicyclic) bond motifs is 1. The topological polar surface area (TPSA) is 58.6 Å². The average molecular weight is 400 g/mol. The fraction of sp³-hybridized carbons (Fsp3) is 0.200. The Morgan fingerprint density at radius 3 is 2.53 bits per heavy atom. The lowest BCUT2D eigenvalue weighted by atomic mass is 10.1. The van der Waals surface area contributed by atoms with Crippen LogP contribution in [0.25, 0.3) is 0 Å². The fourth-order valence-electron chi connectivity index (χ4n) is 3.50. The quantitative estimate of drug-likeness (QED) is 0.700. The molecule has 1 aliphatic heterocycles. The van der Waals surface area contributed by atoms with Gasteiger partial charge in [0.2, 0.25) is 0 Å². The Bertz CT molecular complexity index is 1090. The maximum Gasteiger partial charge on any atom is 0.265 e. The van der Waals surface area contributed by atoms with Gasteiger partial charge < -0.3 is 15.0 Å². The first-order chi connectivity index (χ1) is 14.5. The lowest BCUT2D eigenvalue weighted by Crippen LogP contribution is -2.38. The Morgan fingerprint density at radius 1 is 0.967 bits per heavy atom. The van der Waals surface area contributed by atoms with Gasteiger partial charge in [0.1, 0.15) is 5.75 Å². The van der Waals surface area contributed by atoms with Crippen molar-refractivity contribution in [1.29, 1.82) is 0 Å². The molecule has 30 heavy (non-hydrogen) atoms. The van der Waals surface area contributed by atoms with E-state index < -0.39 is 0 Å². The molecule has 0 aromatic heterocycles. The number of amides is 2. The number of anilines is 1. The van der Waals surface area contributed by atoms with Crippen LogP contribution in [0.2, 0.25) is 0 Å². The van der Waals surface area contributed by atoms with Crippen LogP contribution in [0.15, 0.2) is 66.7 Å². The molecule has 0 bridgehead atoms. The van der Waals surface area contributed by atoms with Gasteiger partial charge in [-0.2, -0.15) is 0 Å². The summed E-state index contributed by atoms with van der Waals surface area (Å²) in [6, 6.07) is 21.3. The number of nitrogens with zero attached hydrogens (tertiary/aromatic N) is 1. The first-order valence-corrected chi connectivity index (χ1v) is 9.96. The Hall–Kier alpha value is -3.60. The highest BCUT2D eigenvalue weighted by Crippen LogP contribution is 2.34. The molecular formula is C25H24N2O3. The van der Waals surface area contributed by atoms with E-state index in [1.165, 1.54) is 5.56 Å². The number of hydrogen-bond donors (Lipinski definition) is 1. The van der Waals surface area contributed by atoms with Crippen molar-refractivity contribution in [2.75, 3.05) is 11.5 Å². The summed E-state index contributed by atoms with van der Waals surface area (Å²) in [6.45, 7) is 4.93. The second-order valence-corrected chi connectivity index (χ2v) is 7.61. The third kappa shape index (κ3) is 4.35. The van der Waals surface area contributed by atoms with E-state index in [-0.39, 0.29) is 18.4 Å². The van der Waals surface area contributed by atoms with Gasteiger partial charge in [0.25, 0.3) is 11.8 Å². The van der Waals surface area contributed by atoms with Crippen LogP contribution in [0.4, 0.5) is 5.69 Å². The highest BCUT2D eigenvalue weighted by Gasteiger charge is 2.26. The van der Waals surface area contributed by atoms with Crippen molar-refractivity contribution in [1.82, 2.24) is 5.32 Å². The zero-order valence-electron chi connectivity index (χ0n) is 17.1. The normalized spacial score (nSPS) is 12.9. The summed E-state index contributed by atoms with van der Waals surface area (Å²) in [5, 5.41) is 2.95. The number of carbonyl (C=O) groups is 2. The van der Waals surface area contributed by atoms with Crippen LogP contribution in [0.3, 0.4) is 0 Å². The predicted octanol–water partition coefficient (Wildman–Crippen LogP) is 4.16. The van der Waals surface area contributed by atoms with Crippen molar-refractivity contribution in [3.8, 4) is 5.75 Å². The minimum Gasteiger partial charge on any atom is -0.482 e. The van der Waals surface area contributed by atoms with Crippen LogP contribution >= 0.6 is 0 Å². The molecule has 5 nitrogen and oxygen atoms in total. The summed E-state index contributed by atoms with van der Waals surface area (Å²) in [7, 11) is 0. The molecule has 3 aromatic rings. The molecule has 1 heterocycles. The molecule has 0 aliphatic carbocycles. The van der Waals surface area contributed by atoms with Crippen molar-refractivity contribution in [3.63, 3.8) is 0 Å². The molecule has 0 unspecified atom stereocenters. The van der Waals surface area contributed by atoms with E-state index in [9.17, 15) is 9.59 Å². The van der Waals surface area contributed by atoms with Crippen molar-refractivity contribution < 1.29 is 14.3 Å². The number of rotatable bonds is 5. The summed E-state index contributed by atoms with van der Waals surface area (Å²) in [5.41, 5.74) is 5.50. The third-order valence-electron chi connectivity index (χ3n) is 5.16. The van der Waals surface area contributed by atoms with E-state index in [0.717, 1.165) is 16.7 Å². The largest absolute Gasteiger partial charge is 0.482 e. The Labute approximate surface area is 176 Å². The summed E-state index contributed by atoms with van der Waals surface area (Å²) in [4.78, 5) is 27.0. The zero-order valence-corrected chi connectivity index (χ0v) is 17.1.